The van der Waals surface area contributed by atoms with E-state index >= 15 is 0 Å². The number of benzene rings is 3. The monoisotopic (exact) mass is 455 g/mol. The maximum atomic E-state index is 12.1. The molecule has 1 aromatic heterocycles. The molecular formula is C28H29N3OS. The fraction of sp³-hybridized carbons (Fsp3) is 0.214. The Morgan fingerprint density at radius 1 is 0.818 bits per heavy atom. The smallest absolute Gasteiger partial charge is 0.220 e. The highest BCUT2D eigenvalue weighted by Gasteiger charge is 2.14. The molecular weight excluding hydrogens is 426 g/mol. The molecule has 4 aromatic rings. The zero-order chi connectivity index (χ0) is 22.7. The van der Waals surface area contributed by atoms with Crippen LogP contribution >= 0.6 is 11.8 Å². The minimum absolute atomic E-state index is 0.131. The van der Waals surface area contributed by atoms with Crippen LogP contribution in [0.15, 0.2) is 96.2 Å². The van der Waals surface area contributed by atoms with E-state index in [1.54, 1.807) is 11.8 Å². The van der Waals surface area contributed by atoms with Crippen molar-refractivity contribution in [1.29, 1.82) is 0 Å². The second kappa shape index (κ2) is 12.1. The van der Waals surface area contributed by atoms with Gasteiger partial charge < -0.3 is 10.3 Å². The molecule has 0 aliphatic heterocycles. The summed E-state index contributed by atoms with van der Waals surface area (Å²) in [6.45, 7) is 0.689. The van der Waals surface area contributed by atoms with Crippen molar-refractivity contribution < 1.29 is 4.79 Å². The van der Waals surface area contributed by atoms with E-state index in [1.165, 1.54) is 5.56 Å². The molecule has 0 atom stereocenters. The molecule has 4 nitrogen and oxygen atoms in total. The van der Waals surface area contributed by atoms with Gasteiger partial charge in [0.2, 0.25) is 5.91 Å². The number of nitrogens with zero attached hydrogens (tertiary/aromatic N) is 1. The van der Waals surface area contributed by atoms with Crippen molar-refractivity contribution >= 4 is 17.7 Å². The standard InChI is InChI=1S/C28H29N3OS/c32-25(29-20-19-22-12-4-1-5-13-22)18-10-11-21-33-28-30-26(23-14-6-2-7-15-23)27(31-28)24-16-8-3-9-17-24/h1-9,12-17H,10-11,18-21H2,(H,29,32)(H,30,31). The Hall–Kier alpha value is -3.31. The summed E-state index contributed by atoms with van der Waals surface area (Å²) >= 11 is 1.71. The van der Waals surface area contributed by atoms with Gasteiger partial charge in [0.15, 0.2) is 5.16 Å². The van der Waals surface area contributed by atoms with Crippen molar-refractivity contribution in [1.82, 2.24) is 15.3 Å². The van der Waals surface area contributed by atoms with Crippen molar-refractivity contribution in [2.24, 2.45) is 0 Å². The van der Waals surface area contributed by atoms with Crippen LogP contribution in [0.3, 0.4) is 0 Å². The summed E-state index contributed by atoms with van der Waals surface area (Å²) in [5.41, 5.74) is 5.50. The summed E-state index contributed by atoms with van der Waals surface area (Å²) in [4.78, 5) is 20.5. The van der Waals surface area contributed by atoms with Gasteiger partial charge in [0.1, 0.15) is 0 Å². The number of aromatic nitrogens is 2. The number of unbranched alkanes of at least 4 members (excludes halogenated alkanes) is 1. The van der Waals surface area contributed by atoms with Crippen LogP contribution in [-0.4, -0.2) is 28.2 Å². The number of rotatable bonds is 11. The summed E-state index contributed by atoms with van der Waals surface area (Å²) in [6, 6.07) is 30.8. The molecule has 0 radical (unpaired) electrons. The first-order valence-electron chi connectivity index (χ1n) is 11.4. The Morgan fingerprint density at radius 3 is 2.15 bits per heavy atom. The van der Waals surface area contributed by atoms with Crippen LogP contribution in [0.25, 0.3) is 22.5 Å². The van der Waals surface area contributed by atoms with Gasteiger partial charge in [0.05, 0.1) is 11.4 Å². The molecule has 3 aromatic carbocycles. The molecule has 0 saturated heterocycles. The van der Waals surface area contributed by atoms with Crippen LogP contribution in [-0.2, 0) is 11.2 Å². The number of imidazole rings is 1. The molecule has 168 valence electrons. The minimum Gasteiger partial charge on any atom is -0.356 e. The van der Waals surface area contributed by atoms with Gasteiger partial charge in [-0.3, -0.25) is 4.79 Å². The fourth-order valence-electron chi connectivity index (χ4n) is 3.67. The van der Waals surface area contributed by atoms with Gasteiger partial charge >= 0.3 is 0 Å². The van der Waals surface area contributed by atoms with Crippen molar-refractivity contribution in [2.75, 3.05) is 12.3 Å². The molecule has 0 unspecified atom stereocenters. The van der Waals surface area contributed by atoms with Crippen LogP contribution in [0.1, 0.15) is 24.8 Å². The number of H-pyrrole nitrogens is 1. The quantitative estimate of drug-likeness (QED) is 0.204. The Balaban J connectivity index is 1.25. The predicted molar refractivity (Wildman–Crippen MR) is 137 cm³/mol. The molecule has 0 spiro atoms. The number of amides is 1. The molecule has 1 amide bonds. The average Bonchev–Trinajstić information content (AvgIpc) is 3.30. The zero-order valence-electron chi connectivity index (χ0n) is 18.7. The van der Waals surface area contributed by atoms with Crippen LogP contribution < -0.4 is 5.32 Å². The van der Waals surface area contributed by atoms with Gasteiger partial charge in [-0.25, -0.2) is 4.98 Å². The van der Waals surface area contributed by atoms with Gasteiger partial charge in [0.25, 0.3) is 0 Å². The third kappa shape index (κ3) is 6.83. The number of hydrogen-bond donors (Lipinski definition) is 2. The Labute approximate surface area is 199 Å². The topological polar surface area (TPSA) is 57.8 Å². The Morgan fingerprint density at radius 2 is 1.45 bits per heavy atom. The van der Waals surface area contributed by atoms with E-state index in [2.05, 4.69) is 46.7 Å². The third-order valence-corrected chi connectivity index (χ3v) is 6.37. The highest BCUT2D eigenvalue weighted by Crippen LogP contribution is 2.32. The Kier molecular flexibility index (Phi) is 8.36. The van der Waals surface area contributed by atoms with Crippen molar-refractivity contribution in [3.8, 4) is 22.5 Å². The number of carbonyl (C=O) groups is 1. The fourth-order valence-corrected chi connectivity index (χ4v) is 4.55. The predicted octanol–water partition coefficient (Wildman–Crippen LogP) is 6.37. The molecule has 5 heteroatoms. The molecule has 4 rings (SSSR count). The molecule has 0 aliphatic rings. The van der Waals surface area contributed by atoms with Crippen LogP contribution in [0.5, 0.6) is 0 Å². The Bertz CT molecular complexity index is 1070. The van der Waals surface area contributed by atoms with Gasteiger partial charge in [-0.05, 0) is 24.8 Å². The first-order chi connectivity index (χ1) is 16.3. The summed E-state index contributed by atoms with van der Waals surface area (Å²) < 4.78 is 0. The molecule has 0 fully saturated rings. The van der Waals surface area contributed by atoms with Gasteiger partial charge in [-0.2, -0.15) is 0 Å². The number of thioether (sulfide) groups is 1. The highest BCUT2D eigenvalue weighted by molar-refractivity contribution is 7.99. The molecule has 0 saturated carbocycles. The molecule has 2 N–H and O–H groups in total. The van der Waals surface area contributed by atoms with E-state index in [1.807, 2.05) is 54.6 Å². The van der Waals surface area contributed by atoms with Gasteiger partial charge in [0, 0.05) is 29.8 Å². The maximum absolute atomic E-state index is 12.1. The van der Waals surface area contributed by atoms with Crippen LogP contribution in [0, 0.1) is 0 Å². The largest absolute Gasteiger partial charge is 0.356 e. The molecule has 0 aliphatic carbocycles. The van der Waals surface area contributed by atoms with Crippen molar-refractivity contribution in [3.63, 3.8) is 0 Å². The normalized spacial score (nSPS) is 10.8. The lowest BCUT2D eigenvalue weighted by atomic mass is 10.1. The lowest BCUT2D eigenvalue weighted by molar-refractivity contribution is -0.121. The minimum atomic E-state index is 0.131. The summed E-state index contributed by atoms with van der Waals surface area (Å²) in [5, 5.41) is 3.94. The lowest BCUT2D eigenvalue weighted by Crippen LogP contribution is -2.25. The highest BCUT2D eigenvalue weighted by atomic mass is 32.2. The van der Waals surface area contributed by atoms with Crippen molar-refractivity contribution in [3.05, 3.63) is 96.6 Å². The van der Waals surface area contributed by atoms with Crippen LogP contribution in [0.2, 0.25) is 0 Å². The average molecular weight is 456 g/mol. The molecule has 33 heavy (non-hydrogen) atoms. The zero-order valence-corrected chi connectivity index (χ0v) is 19.5. The summed E-state index contributed by atoms with van der Waals surface area (Å²) in [7, 11) is 0. The first-order valence-corrected chi connectivity index (χ1v) is 12.4. The van der Waals surface area contributed by atoms with E-state index < -0.39 is 0 Å². The summed E-state index contributed by atoms with van der Waals surface area (Å²) in [5.74, 6) is 1.06. The molecule has 1 heterocycles. The van der Waals surface area contributed by atoms with E-state index in [0.29, 0.717) is 13.0 Å². The number of hydrogen-bond acceptors (Lipinski definition) is 3. The maximum Gasteiger partial charge on any atom is 0.220 e. The van der Waals surface area contributed by atoms with Gasteiger partial charge in [-0.15, -0.1) is 0 Å². The number of aromatic amines is 1. The first kappa shape index (κ1) is 22.9. The lowest BCUT2D eigenvalue weighted by Gasteiger charge is -2.05. The van der Waals surface area contributed by atoms with E-state index in [0.717, 1.165) is 52.7 Å². The SMILES string of the molecule is O=C(CCCCSc1nc(-c2ccccc2)c(-c2ccccc2)[nH]1)NCCc1ccccc1. The van der Waals surface area contributed by atoms with Gasteiger partial charge in [-0.1, -0.05) is 103 Å². The van der Waals surface area contributed by atoms with E-state index in [4.69, 9.17) is 4.98 Å². The van der Waals surface area contributed by atoms with E-state index in [-0.39, 0.29) is 5.91 Å². The van der Waals surface area contributed by atoms with Crippen molar-refractivity contribution in [2.45, 2.75) is 30.8 Å². The second-order valence-electron chi connectivity index (χ2n) is 7.89. The second-order valence-corrected chi connectivity index (χ2v) is 8.97. The van der Waals surface area contributed by atoms with E-state index in [9.17, 15) is 4.79 Å². The third-order valence-electron chi connectivity index (χ3n) is 5.41. The number of carbonyl (C=O) groups excluding carboxylic acids is 1. The molecule has 0 bridgehead atoms. The number of nitrogens with one attached hydrogen (secondary N) is 2. The summed E-state index contributed by atoms with van der Waals surface area (Å²) in [6.07, 6.45) is 3.28. The van der Waals surface area contributed by atoms with Crippen LogP contribution in [0.4, 0.5) is 0 Å².